The quantitative estimate of drug-likeness (QED) is 0.610. The van der Waals surface area contributed by atoms with Crippen LogP contribution in [-0.2, 0) is 18.2 Å². The number of piperidine rings is 1. The van der Waals surface area contributed by atoms with Gasteiger partial charge in [-0.3, -0.25) is 14.5 Å². The van der Waals surface area contributed by atoms with Crippen molar-refractivity contribution in [2.24, 2.45) is 12.8 Å². The molecule has 0 radical (unpaired) electrons. The lowest BCUT2D eigenvalue weighted by atomic mass is 10.2. The predicted octanol–water partition coefficient (Wildman–Crippen LogP) is 3.54. The van der Waals surface area contributed by atoms with Crippen LogP contribution >= 0.6 is 23.2 Å². The van der Waals surface area contributed by atoms with Crippen LogP contribution in [0.5, 0.6) is 0 Å². The van der Waals surface area contributed by atoms with E-state index in [2.05, 4.69) is 14.7 Å². The van der Waals surface area contributed by atoms with Crippen molar-refractivity contribution in [2.45, 2.75) is 19.3 Å². The molecule has 1 saturated heterocycles. The Hall–Kier alpha value is -2.20. The van der Waals surface area contributed by atoms with Crippen LogP contribution in [0.1, 0.15) is 29.8 Å². The Morgan fingerprint density at radius 2 is 1.93 bits per heavy atom. The number of carbonyl (C=O) groups excluding carboxylic acids is 1. The van der Waals surface area contributed by atoms with Crippen molar-refractivity contribution in [3.05, 3.63) is 52.5 Å². The molecule has 8 nitrogen and oxygen atoms in total. The molecule has 1 aromatic carbocycles. The van der Waals surface area contributed by atoms with Crippen LogP contribution in [0, 0.1) is 0 Å². The van der Waals surface area contributed by atoms with Crippen LogP contribution < -0.4 is 10.5 Å². The van der Waals surface area contributed by atoms with Gasteiger partial charge >= 0.3 is 0 Å². The summed E-state index contributed by atoms with van der Waals surface area (Å²) in [5.41, 5.74) is 6.47. The summed E-state index contributed by atoms with van der Waals surface area (Å²) in [7, 11) is 1.76. The summed E-state index contributed by atoms with van der Waals surface area (Å²) in [6, 6.07) is 5.14. The molecule has 3 N–H and O–H groups in total. The molecule has 0 bridgehead atoms. The van der Waals surface area contributed by atoms with E-state index in [-0.39, 0.29) is 0 Å². The Morgan fingerprint density at radius 3 is 2.57 bits per heavy atom. The number of hydrogen-bond donors (Lipinski definition) is 2. The normalized spacial score (nSPS) is 15.3. The molecule has 1 fully saturated rings. The van der Waals surface area contributed by atoms with Crippen LogP contribution in [0.25, 0.3) is 10.9 Å². The van der Waals surface area contributed by atoms with Crippen molar-refractivity contribution in [1.29, 1.82) is 0 Å². The van der Waals surface area contributed by atoms with Crippen LogP contribution in [0.4, 0.5) is 5.82 Å². The van der Waals surface area contributed by atoms with Crippen LogP contribution in [0.3, 0.4) is 0 Å². The minimum Gasteiger partial charge on any atom is -0.364 e. The SMILES string of the molecule is Cn1c(C(N)=O)cc2c(Cl)c(Cl)ccc21.O=S(Nc1cnccn1)N1CCCCC1. The van der Waals surface area contributed by atoms with Crippen molar-refractivity contribution in [3.63, 3.8) is 0 Å². The van der Waals surface area contributed by atoms with Crippen LogP contribution in [0.15, 0.2) is 36.8 Å². The van der Waals surface area contributed by atoms with Crippen molar-refractivity contribution in [3.8, 4) is 0 Å². The van der Waals surface area contributed by atoms with E-state index in [4.69, 9.17) is 28.9 Å². The highest BCUT2D eigenvalue weighted by atomic mass is 35.5. The first-order chi connectivity index (χ1) is 14.4. The van der Waals surface area contributed by atoms with E-state index < -0.39 is 17.1 Å². The Morgan fingerprint density at radius 1 is 1.20 bits per heavy atom. The molecule has 4 rings (SSSR count). The van der Waals surface area contributed by atoms with E-state index in [0.717, 1.165) is 36.8 Å². The van der Waals surface area contributed by atoms with E-state index in [1.54, 1.807) is 48.4 Å². The fourth-order valence-corrected chi connectivity index (χ4v) is 4.50. The van der Waals surface area contributed by atoms with Gasteiger partial charge in [0.25, 0.3) is 5.91 Å². The highest BCUT2D eigenvalue weighted by molar-refractivity contribution is 7.84. The molecule has 1 aliphatic rings. The monoisotopic (exact) mass is 468 g/mol. The van der Waals surface area contributed by atoms with Crippen molar-refractivity contribution >= 4 is 57.0 Å². The molecule has 11 heteroatoms. The van der Waals surface area contributed by atoms with Gasteiger partial charge in [-0.1, -0.05) is 29.6 Å². The number of aromatic nitrogens is 3. The third-order valence-corrected chi connectivity index (χ3v) is 6.71. The molecule has 30 heavy (non-hydrogen) atoms. The number of hydrogen-bond acceptors (Lipinski definition) is 4. The molecule has 2 aromatic heterocycles. The molecule has 0 spiro atoms. The van der Waals surface area contributed by atoms with Crippen molar-refractivity contribution < 1.29 is 9.00 Å². The zero-order valence-corrected chi connectivity index (χ0v) is 18.7. The lowest BCUT2D eigenvalue weighted by Gasteiger charge is -2.24. The highest BCUT2D eigenvalue weighted by Crippen LogP contribution is 2.32. The van der Waals surface area contributed by atoms with Gasteiger partial charge < -0.3 is 10.3 Å². The second-order valence-corrected chi connectivity index (χ2v) is 8.68. The van der Waals surface area contributed by atoms with Gasteiger partial charge in [-0.15, -0.1) is 0 Å². The first-order valence-electron chi connectivity index (χ1n) is 9.31. The van der Waals surface area contributed by atoms with Gasteiger partial charge in [-0.25, -0.2) is 13.5 Å². The molecular formula is C19H22Cl2N6O2S. The summed E-state index contributed by atoms with van der Waals surface area (Å²) in [6.45, 7) is 1.78. The van der Waals surface area contributed by atoms with Crippen molar-refractivity contribution in [2.75, 3.05) is 17.8 Å². The first kappa shape index (κ1) is 22.5. The molecular weight excluding hydrogens is 447 g/mol. The summed E-state index contributed by atoms with van der Waals surface area (Å²) in [5.74, 6) is 0.0716. The number of fused-ring (bicyclic) bond motifs is 1. The molecule has 0 aliphatic carbocycles. The minimum atomic E-state index is -1.18. The van der Waals surface area contributed by atoms with Gasteiger partial charge in [0.1, 0.15) is 5.69 Å². The fourth-order valence-electron chi connectivity index (χ4n) is 3.12. The Labute approximate surface area is 187 Å². The number of nitrogens with zero attached hydrogens (tertiary/aromatic N) is 4. The summed E-state index contributed by atoms with van der Waals surface area (Å²) < 4.78 is 18.3. The van der Waals surface area contributed by atoms with Crippen LogP contribution in [0.2, 0.25) is 10.0 Å². The molecule has 3 aromatic rings. The maximum absolute atomic E-state index is 11.8. The Balaban J connectivity index is 0.000000171. The summed E-state index contributed by atoms with van der Waals surface area (Å²) in [4.78, 5) is 19.0. The number of anilines is 1. The largest absolute Gasteiger partial charge is 0.364 e. The molecule has 1 unspecified atom stereocenters. The summed E-state index contributed by atoms with van der Waals surface area (Å²) >= 11 is 10.7. The van der Waals surface area contributed by atoms with E-state index in [1.165, 1.54) is 6.42 Å². The maximum Gasteiger partial charge on any atom is 0.265 e. The topological polar surface area (TPSA) is 106 Å². The Bertz CT molecular complexity index is 1050. The zero-order chi connectivity index (χ0) is 21.7. The maximum atomic E-state index is 11.8. The van der Waals surface area contributed by atoms with Gasteiger partial charge in [0.05, 0.1) is 16.2 Å². The number of halogens is 2. The average Bonchev–Trinajstić information content (AvgIpc) is 3.10. The molecule has 0 saturated carbocycles. The van der Waals surface area contributed by atoms with Gasteiger partial charge in [0.15, 0.2) is 17.0 Å². The van der Waals surface area contributed by atoms with E-state index in [1.807, 2.05) is 4.31 Å². The fraction of sp³-hybridized carbons (Fsp3) is 0.316. The lowest BCUT2D eigenvalue weighted by molar-refractivity contribution is 0.0993. The molecule has 1 amide bonds. The van der Waals surface area contributed by atoms with E-state index >= 15 is 0 Å². The molecule has 160 valence electrons. The minimum absolute atomic E-state index is 0.411. The number of aryl methyl sites for hydroxylation is 1. The molecule has 1 atom stereocenters. The van der Waals surface area contributed by atoms with Gasteiger partial charge in [-0.05, 0) is 31.0 Å². The predicted molar refractivity (Wildman–Crippen MR) is 121 cm³/mol. The number of primary amides is 1. The Kier molecular flexibility index (Phi) is 7.65. The summed E-state index contributed by atoms with van der Waals surface area (Å²) in [5, 5.41) is 1.64. The zero-order valence-electron chi connectivity index (χ0n) is 16.3. The average molecular weight is 469 g/mol. The summed E-state index contributed by atoms with van der Waals surface area (Å²) in [6.07, 6.45) is 8.22. The third kappa shape index (κ3) is 5.28. The third-order valence-electron chi connectivity index (χ3n) is 4.67. The number of benzene rings is 1. The van der Waals surface area contributed by atoms with Crippen molar-refractivity contribution in [1.82, 2.24) is 18.8 Å². The number of nitrogens with two attached hydrogens (primary N) is 1. The number of nitrogens with one attached hydrogen (secondary N) is 1. The number of amides is 1. The van der Waals surface area contributed by atoms with E-state index in [9.17, 15) is 9.00 Å². The number of carbonyl (C=O) groups is 1. The second-order valence-electron chi connectivity index (χ2n) is 6.68. The molecule has 1 aliphatic heterocycles. The first-order valence-corrected chi connectivity index (χ1v) is 11.2. The molecule has 3 heterocycles. The smallest absolute Gasteiger partial charge is 0.265 e. The van der Waals surface area contributed by atoms with Crippen LogP contribution in [-0.4, -0.2) is 42.0 Å². The highest BCUT2D eigenvalue weighted by Gasteiger charge is 2.16. The van der Waals surface area contributed by atoms with Gasteiger partial charge in [0.2, 0.25) is 0 Å². The number of rotatable bonds is 4. The second kappa shape index (κ2) is 10.2. The van der Waals surface area contributed by atoms with E-state index in [0.29, 0.717) is 21.6 Å². The standard InChI is InChI=1S/C10H8Cl2N2O.C9H14N4OS/c1-14-7-3-2-6(11)9(12)5(7)4-8(14)10(13)15;14-15(13-6-2-1-3-7-13)12-9-8-10-4-5-11-9/h2-4H,1H3,(H2,13,15);4-5,8H,1-3,6-7H2,(H,11,12). The van der Waals surface area contributed by atoms with Gasteiger partial charge in [-0.2, -0.15) is 0 Å². The lowest BCUT2D eigenvalue weighted by Crippen LogP contribution is -2.35. The van der Waals surface area contributed by atoms with Gasteiger partial charge in [0, 0.05) is 43.4 Å².